The van der Waals surface area contributed by atoms with Crippen molar-refractivity contribution in [1.82, 2.24) is 20.9 Å². The molecule has 1 amide bonds. The summed E-state index contributed by atoms with van der Waals surface area (Å²) in [4.78, 5) is 18.3. The van der Waals surface area contributed by atoms with Gasteiger partial charge in [0.2, 0.25) is 0 Å². The number of likely N-dealkylation sites (tertiary alicyclic amines) is 1. The fraction of sp³-hybridized carbons (Fsp3) is 0.889. The van der Waals surface area contributed by atoms with E-state index in [1.54, 1.807) is 7.05 Å². The summed E-state index contributed by atoms with van der Waals surface area (Å²) in [7, 11) is 1.78. The Bertz CT molecular complexity index is 426. The number of piperidine rings is 1. The summed E-state index contributed by atoms with van der Waals surface area (Å²) in [5, 5.41) is 9.38. The molecule has 0 saturated carbocycles. The molecule has 3 N–H and O–H groups in total. The third-order valence-corrected chi connectivity index (χ3v) is 4.17. The van der Waals surface area contributed by atoms with Gasteiger partial charge in [0.15, 0.2) is 5.96 Å². The largest absolute Gasteiger partial charge is 0.444 e. The second-order valence-corrected chi connectivity index (χ2v) is 7.59. The number of aliphatic imine (C=N–C) groups is 1. The highest BCUT2D eigenvalue weighted by atomic mass is 127. The SMILES string of the molecule is CN=C(NCCCNC(=O)OC(C)(C)C)NCCN1CCCCC1C.I. The minimum Gasteiger partial charge on any atom is -0.444 e. The lowest BCUT2D eigenvalue weighted by Gasteiger charge is -2.33. The van der Waals surface area contributed by atoms with Crippen LogP contribution in [0, 0.1) is 0 Å². The van der Waals surface area contributed by atoms with Gasteiger partial charge in [-0.1, -0.05) is 6.42 Å². The van der Waals surface area contributed by atoms with Crippen LogP contribution in [0.3, 0.4) is 0 Å². The Kier molecular flexibility index (Phi) is 13.0. The maximum atomic E-state index is 11.5. The average Bonchev–Trinajstić information content (AvgIpc) is 2.53. The molecular formula is C18H38IN5O2. The number of halogens is 1. The van der Waals surface area contributed by atoms with Crippen molar-refractivity contribution in [3.63, 3.8) is 0 Å². The van der Waals surface area contributed by atoms with E-state index in [0.29, 0.717) is 12.6 Å². The first-order valence-corrected chi connectivity index (χ1v) is 9.47. The van der Waals surface area contributed by atoms with E-state index in [1.807, 2.05) is 20.8 Å². The quantitative estimate of drug-likeness (QED) is 0.225. The van der Waals surface area contributed by atoms with Crippen LogP contribution >= 0.6 is 24.0 Å². The molecule has 1 atom stereocenters. The van der Waals surface area contributed by atoms with Crippen molar-refractivity contribution in [2.24, 2.45) is 4.99 Å². The molecule has 7 nitrogen and oxygen atoms in total. The van der Waals surface area contributed by atoms with Gasteiger partial charge in [0.05, 0.1) is 0 Å². The Morgan fingerprint density at radius 1 is 1.15 bits per heavy atom. The molecule has 0 aromatic carbocycles. The van der Waals surface area contributed by atoms with Crippen LogP contribution in [0.5, 0.6) is 0 Å². The van der Waals surface area contributed by atoms with E-state index in [1.165, 1.54) is 25.8 Å². The predicted molar refractivity (Wildman–Crippen MR) is 119 cm³/mol. The Balaban J connectivity index is 0.00000625. The standard InChI is InChI=1S/C18H37N5O2.HI/c1-15-9-6-7-13-23(15)14-12-21-16(19-5)20-10-8-11-22-17(24)25-18(2,3)4;/h15H,6-14H2,1-5H3,(H,22,24)(H2,19,20,21);1H. The normalized spacial score (nSPS) is 18.7. The van der Waals surface area contributed by atoms with Gasteiger partial charge in [0.25, 0.3) is 0 Å². The fourth-order valence-electron chi connectivity index (χ4n) is 2.83. The molecule has 0 spiro atoms. The number of alkyl carbamates (subject to hydrolysis) is 1. The minimum atomic E-state index is -0.458. The van der Waals surface area contributed by atoms with Gasteiger partial charge in [0, 0.05) is 39.3 Å². The van der Waals surface area contributed by atoms with Crippen LogP contribution in [0.15, 0.2) is 4.99 Å². The van der Waals surface area contributed by atoms with Gasteiger partial charge >= 0.3 is 6.09 Å². The molecule has 0 radical (unpaired) electrons. The van der Waals surface area contributed by atoms with Crippen molar-refractivity contribution in [3.05, 3.63) is 0 Å². The Morgan fingerprint density at radius 2 is 1.81 bits per heavy atom. The molecule has 1 fully saturated rings. The molecule has 154 valence electrons. The average molecular weight is 483 g/mol. The van der Waals surface area contributed by atoms with Gasteiger partial charge in [-0.05, 0) is 53.5 Å². The zero-order valence-corrected chi connectivity index (χ0v) is 19.4. The molecule has 26 heavy (non-hydrogen) atoms. The second-order valence-electron chi connectivity index (χ2n) is 7.59. The van der Waals surface area contributed by atoms with Crippen LogP contribution in [-0.2, 0) is 4.74 Å². The van der Waals surface area contributed by atoms with Gasteiger partial charge in [-0.15, -0.1) is 24.0 Å². The number of rotatable bonds is 7. The summed E-state index contributed by atoms with van der Waals surface area (Å²) >= 11 is 0. The molecular weight excluding hydrogens is 445 g/mol. The molecule has 1 rings (SSSR count). The van der Waals surface area contributed by atoms with E-state index in [-0.39, 0.29) is 30.1 Å². The van der Waals surface area contributed by atoms with Crippen molar-refractivity contribution < 1.29 is 9.53 Å². The third-order valence-electron chi connectivity index (χ3n) is 4.17. The van der Waals surface area contributed by atoms with E-state index < -0.39 is 5.60 Å². The van der Waals surface area contributed by atoms with Crippen LogP contribution < -0.4 is 16.0 Å². The molecule has 0 aromatic heterocycles. The number of nitrogens with one attached hydrogen (secondary N) is 3. The highest BCUT2D eigenvalue weighted by Gasteiger charge is 2.17. The lowest BCUT2D eigenvalue weighted by Crippen LogP contribution is -2.45. The van der Waals surface area contributed by atoms with E-state index in [9.17, 15) is 4.79 Å². The fourth-order valence-corrected chi connectivity index (χ4v) is 2.83. The molecule has 0 aromatic rings. The topological polar surface area (TPSA) is 78.0 Å². The summed E-state index contributed by atoms with van der Waals surface area (Å²) < 4.78 is 5.19. The second kappa shape index (κ2) is 13.4. The number of nitrogens with zero attached hydrogens (tertiary/aromatic N) is 2. The van der Waals surface area contributed by atoms with E-state index in [2.05, 4.69) is 32.8 Å². The van der Waals surface area contributed by atoms with Crippen molar-refractivity contribution in [2.75, 3.05) is 39.8 Å². The molecule has 1 aliphatic heterocycles. The summed E-state index contributed by atoms with van der Waals surface area (Å²) in [5.74, 6) is 0.807. The highest BCUT2D eigenvalue weighted by Crippen LogP contribution is 2.15. The van der Waals surface area contributed by atoms with Crippen molar-refractivity contribution in [3.8, 4) is 0 Å². The molecule has 1 heterocycles. The van der Waals surface area contributed by atoms with Crippen LogP contribution in [0.25, 0.3) is 0 Å². The van der Waals surface area contributed by atoms with E-state index in [4.69, 9.17) is 4.74 Å². The molecule has 1 saturated heterocycles. The first-order valence-electron chi connectivity index (χ1n) is 9.47. The zero-order valence-electron chi connectivity index (χ0n) is 17.1. The van der Waals surface area contributed by atoms with E-state index >= 15 is 0 Å². The van der Waals surface area contributed by atoms with Gasteiger partial charge < -0.3 is 20.7 Å². The molecule has 0 bridgehead atoms. The Morgan fingerprint density at radius 3 is 2.42 bits per heavy atom. The van der Waals surface area contributed by atoms with Crippen LogP contribution in [0.2, 0.25) is 0 Å². The van der Waals surface area contributed by atoms with Gasteiger partial charge in [-0.3, -0.25) is 9.89 Å². The van der Waals surface area contributed by atoms with Gasteiger partial charge in [0.1, 0.15) is 5.60 Å². The lowest BCUT2D eigenvalue weighted by molar-refractivity contribution is 0.0527. The molecule has 0 aliphatic carbocycles. The van der Waals surface area contributed by atoms with Gasteiger partial charge in [-0.2, -0.15) is 0 Å². The first kappa shape index (κ1) is 25.2. The number of hydrogen-bond donors (Lipinski definition) is 3. The molecule has 1 aliphatic rings. The number of carbonyl (C=O) groups excluding carboxylic acids is 1. The molecule has 8 heteroatoms. The summed E-state index contributed by atoms with van der Waals surface area (Å²) in [6.07, 6.45) is 4.40. The monoisotopic (exact) mass is 483 g/mol. The first-order chi connectivity index (χ1) is 11.8. The highest BCUT2D eigenvalue weighted by molar-refractivity contribution is 14.0. The smallest absolute Gasteiger partial charge is 0.407 e. The number of amides is 1. The van der Waals surface area contributed by atoms with Crippen molar-refractivity contribution >= 4 is 36.0 Å². The van der Waals surface area contributed by atoms with E-state index in [0.717, 1.165) is 32.0 Å². The summed E-state index contributed by atoms with van der Waals surface area (Å²) in [5.41, 5.74) is -0.458. The van der Waals surface area contributed by atoms with Crippen LogP contribution in [-0.4, -0.2) is 68.4 Å². The summed E-state index contributed by atoms with van der Waals surface area (Å²) in [6.45, 7) is 12.3. The molecule has 1 unspecified atom stereocenters. The number of carbonyl (C=O) groups is 1. The van der Waals surface area contributed by atoms with Gasteiger partial charge in [-0.25, -0.2) is 4.79 Å². The Hall–Kier alpha value is -0.770. The predicted octanol–water partition coefficient (Wildman–Crippen LogP) is 2.56. The maximum absolute atomic E-state index is 11.5. The number of guanidine groups is 1. The van der Waals surface area contributed by atoms with Crippen LogP contribution in [0.1, 0.15) is 53.4 Å². The maximum Gasteiger partial charge on any atom is 0.407 e. The van der Waals surface area contributed by atoms with Crippen molar-refractivity contribution in [2.45, 2.75) is 65.0 Å². The summed E-state index contributed by atoms with van der Waals surface area (Å²) in [6, 6.07) is 0.685. The van der Waals surface area contributed by atoms with Crippen molar-refractivity contribution in [1.29, 1.82) is 0 Å². The third kappa shape index (κ3) is 11.8. The lowest BCUT2D eigenvalue weighted by atomic mass is 10.0. The zero-order chi connectivity index (χ0) is 18.7. The Labute approximate surface area is 176 Å². The number of hydrogen-bond acceptors (Lipinski definition) is 4. The number of ether oxygens (including phenoxy) is 1. The van der Waals surface area contributed by atoms with Crippen LogP contribution in [0.4, 0.5) is 4.79 Å². The minimum absolute atomic E-state index is 0.